The Labute approximate surface area is 431 Å². The van der Waals surface area contributed by atoms with Crippen LogP contribution in [0.1, 0.15) is 349 Å². The van der Waals surface area contributed by atoms with Crippen molar-refractivity contribution in [2.75, 3.05) is 65.6 Å². The molecular weight excluding hydrogens is 829 g/mol. The molecule has 0 aliphatic rings. The van der Waals surface area contributed by atoms with Crippen LogP contribution < -0.4 is 0 Å². The average Bonchev–Trinajstić information content (AvgIpc) is 3.34. The zero-order valence-electron chi connectivity index (χ0n) is 48.2. The van der Waals surface area contributed by atoms with Crippen LogP contribution in [0.5, 0.6) is 0 Å². The Morgan fingerprint density at radius 3 is 0.397 bits per heavy atom. The van der Waals surface area contributed by atoms with Crippen molar-refractivity contribution in [3.8, 4) is 0 Å². The minimum atomic E-state index is 0.357. The van der Waals surface area contributed by atoms with E-state index in [4.69, 9.17) is 0 Å². The Bertz CT molecular complexity index is 790. The Kier molecular flexibility index (Phi) is 56.0. The van der Waals surface area contributed by atoms with Gasteiger partial charge in [-0.3, -0.25) is 0 Å². The van der Waals surface area contributed by atoms with Crippen LogP contribution in [0.2, 0.25) is 0 Å². The first-order valence-corrected chi connectivity index (χ1v) is 32.5. The van der Waals surface area contributed by atoms with E-state index >= 15 is 0 Å². The molecule has 0 aromatic carbocycles. The van der Waals surface area contributed by atoms with E-state index in [0.717, 1.165) is 13.1 Å². The predicted octanol–water partition coefficient (Wildman–Crippen LogP) is 20.2. The Hall–Kier alpha value is -0.160. The molecule has 0 spiro atoms. The molecule has 2 N–H and O–H groups in total. The highest BCUT2D eigenvalue weighted by Gasteiger charge is 2.27. The molecule has 0 unspecified atom stereocenters. The standard InChI is InChI=1S/C64H134N2O2/c1-5-9-13-17-21-25-31-37-43-49-55-65(61-63-67,56-50-44-38-32-26-22-18-14-10-6-2)59-53-47-41-35-29-30-36-42-48-54-60-66(62-64-68,57-51-45-39-33-27-23-19-15-11-7-3)58-52-46-40-34-28-24-20-16-12-8-4/h67-68H,5-64H2,1-4H3/q+2. The van der Waals surface area contributed by atoms with E-state index in [2.05, 4.69) is 27.7 Å². The van der Waals surface area contributed by atoms with Gasteiger partial charge in [-0.15, -0.1) is 0 Å². The summed E-state index contributed by atoms with van der Waals surface area (Å²) < 4.78 is 2.39. The summed E-state index contributed by atoms with van der Waals surface area (Å²) in [7, 11) is 0. The van der Waals surface area contributed by atoms with Gasteiger partial charge >= 0.3 is 0 Å². The molecule has 0 saturated heterocycles. The monoisotopic (exact) mass is 963 g/mol. The fourth-order valence-corrected chi connectivity index (χ4v) is 11.8. The summed E-state index contributed by atoms with van der Waals surface area (Å²) in [4.78, 5) is 0. The van der Waals surface area contributed by atoms with Gasteiger partial charge in [-0.1, -0.05) is 272 Å². The number of quaternary nitrogens is 2. The molecule has 0 aromatic rings. The summed E-state index contributed by atoms with van der Waals surface area (Å²) in [6.07, 6.45) is 70.2. The Morgan fingerprint density at radius 1 is 0.162 bits per heavy atom. The molecule has 0 saturated carbocycles. The minimum Gasteiger partial charge on any atom is -0.391 e. The molecule has 4 nitrogen and oxygen atoms in total. The zero-order chi connectivity index (χ0) is 49.4. The van der Waals surface area contributed by atoms with Crippen LogP contribution in [0.3, 0.4) is 0 Å². The van der Waals surface area contributed by atoms with Crippen molar-refractivity contribution >= 4 is 0 Å². The molecule has 0 heterocycles. The van der Waals surface area contributed by atoms with Crippen molar-refractivity contribution in [3.63, 3.8) is 0 Å². The van der Waals surface area contributed by atoms with Crippen molar-refractivity contribution < 1.29 is 19.2 Å². The lowest BCUT2D eigenvalue weighted by Crippen LogP contribution is -2.51. The van der Waals surface area contributed by atoms with Crippen LogP contribution in [0, 0.1) is 0 Å². The average molecular weight is 964 g/mol. The molecule has 0 aliphatic carbocycles. The van der Waals surface area contributed by atoms with Crippen LogP contribution in [0.4, 0.5) is 0 Å². The van der Waals surface area contributed by atoms with Crippen LogP contribution in [0.15, 0.2) is 0 Å². The van der Waals surface area contributed by atoms with Gasteiger partial charge in [0.15, 0.2) is 0 Å². The minimum absolute atomic E-state index is 0.357. The third-order valence-corrected chi connectivity index (χ3v) is 16.6. The second kappa shape index (κ2) is 56.1. The number of aliphatic hydroxyl groups is 2. The van der Waals surface area contributed by atoms with Crippen LogP contribution >= 0.6 is 0 Å². The lowest BCUT2D eigenvalue weighted by molar-refractivity contribution is -0.929. The van der Waals surface area contributed by atoms with Crippen LogP contribution in [0.25, 0.3) is 0 Å². The number of unbranched alkanes of at least 4 members (excludes halogenated alkanes) is 45. The first-order valence-electron chi connectivity index (χ1n) is 32.5. The first kappa shape index (κ1) is 67.8. The van der Waals surface area contributed by atoms with Gasteiger partial charge in [-0.2, -0.15) is 0 Å². The quantitative estimate of drug-likeness (QED) is 0.0471. The second-order valence-corrected chi connectivity index (χ2v) is 23.2. The highest BCUT2D eigenvalue weighted by molar-refractivity contribution is 4.58. The van der Waals surface area contributed by atoms with E-state index < -0.39 is 0 Å². The molecule has 0 aliphatic heterocycles. The van der Waals surface area contributed by atoms with Crippen molar-refractivity contribution in [2.45, 2.75) is 349 Å². The molecule has 0 amide bonds. The summed E-state index contributed by atoms with van der Waals surface area (Å²) in [5, 5.41) is 20.6. The molecule has 4 heteroatoms. The van der Waals surface area contributed by atoms with Crippen LogP contribution in [-0.4, -0.2) is 84.8 Å². The zero-order valence-corrected chi connectivity index (χ0v) is 48.2. The van der Waals surface area contributed by atoms with Gasteiger partial charge in [-0.25, -0.2) is 0 Å². The van der Waals surface area contributed by atoms with Gasteiger partial charge in [0.25, 0.3) is 0 Å². The molecule has 0 radical (unpaired) electrons. The van der Waals surface area contributed by atoms with Gasteiger partial charge < -0.3 is 19.2 Å². The van der Waals surface area contributed by atoms with Crippen LogP contribution in [-0.2, 0) is 0 Å². The highest BCUT2D eigenvalue weighted by atomic mass is 16.3. The third kappa shape index (κ3) is 46.9. The fourth-order valence-electron chi connectivity index (χ4n) is 11.8. The molecule has 0 atom stereocenters. The van der Waals surface area contributed by atoms with Crippen molar-refractivity contribution in [3.05, 3.63) is 0 Å². The predicted molar refractivity (Wildman–Crippen MR) is 307 cm³/mol. The largest absolute Gasteiger partial charge is 0.391 e. The maximum Gasteiger partial charge on any atom is 0.102 e. The molecule has 68 heavy (non-hydrogen) atoms. The second-order valence-electron chi connectivity index (χ2n) is 23.2. The summed E-state index contributed by atoms with van der Waals surface area (Å²) in [5.41, 5.74) is 0. The third-order valence-electron chi connectivity index (χ3n) is 16.6. The lowest BCUT2D eigenvalue weighted by Gasteiger charge is -2.39. The van der Waals surface area contributed by atoms with E-state index in [1.54, 1.807) is 0 Å². The van der Waals surface area contributed by atoms with Gasteiger partial charge in [0, 0.05) is 0 Å². The summed E-state index contributed by atoms with van der Waals surface area (Å²) in [6, 6.07) is 0. The number of aliphatic hydroxyl groups excluding tert-OH is 2. The van der Waals surface area contributed by atoms with Gasteiger partial charge in [0.05, 0.1) is 52.5 Å². The van der Waals surface area contributed by atoms with Crippen molar-refractivity contribution in [1.29, 1.82) is 0 Å². The number of hydrogen-bond donors (Lipinski definition) is 2. The molecule has 0 aromatic heterocycles. The van der Waals surface area contributed by atoms with E-state index in [0.29, 0.717) is 13.2 Å². The van der Waals surface area contributed by atoms with Crippen molar-refractivity contribution in [1.82, 2.24) is 0 Å². The summed E-state index contributed by atoms with van der Waals surface area (Å²) in [5.74, 6) is 0. The van der Waals surface area contributed by atoms with E-state index in [-0.39, 0.29) is 0 Å². The first-order chi connectivity index (χ1) is 33.6. The van der Waals surface area contributed by atoms with E-state index in [1.807, 2.05) is 0 Å². The number of nitrogens with zero attached hydrogens (tertiary/aromatic N) is 2. The molecular formula is C64H134N2O2+2. The van der Waals surface area contributed by atoms with Gasteiger partial charge in [0.1, 0.15) is 13.1 Å². The normalized spacial score (nSPS) is 12.3. The number of rotatable bonds is 61. The molecule has 0 bridgehead atoms. The fraction of sp³-hybridized carbons (Fsp3) is 1.00. The Morgan fingerprint density at radius 2 is 0.279 bits per heavy atom. The van der Waals surface area contributed by atoms with Gasteiger partial charge in [-0.05, 0) is 77.0 Å². The lowest BCUT2D eigenvalue weighted by atomic mass is 10.0. The van der Waals surface area contributed by atoms with E-state index in [1.165, 1.54) is 369 Å². The summed E-state index contributed by atoms with van der Waals surface area (Å²) in [6.45, 7) is 19.7. The smallest absolute Gasteiger partial charge is 0.102 e. The maximum absolute atomic E-state index is 10.3. The summed E-state index contributed by atoms with van der Waals surface area (Å²) >= 11 is 0. The van der Waals surface area contributed by atoms with Crippen molar-refractivity contribution in [2.24, 2.45) is 0 Å². The van der Waals surface area contributed by atoms with E-state index in [9.17, 15) is 10.2 Å². The Balaban J connectivity index is 4.75. The molecule has 410 valence electrons. The molecule has 0 fully saturated rings. The maximum atomic E-state index is 10.3. The topological polar surface area (TPSA) is 40.5 Å². The SMILES string of the molecule is CCCCCCCCCCCC[N+](CCO)(CCCCCCCCCCCC)CCCCCCCCCCCC[N+](CCO)(CCCCCCCCCCCC)CCCCCCCCCCCC. The highest BCUT2D eigenvalue weighted by Crippen LogP contribution is 2.22. The van der Waals surface area contributed by atoms with Gasteiger partial charge in [0.2, 0.25) is 0 Å². The molecule has 0 rings (SSSR count). The number of hydrogen-bond acceptors (Lipinski definition) is 2.